The van der Waals surface area contributed by atoms with E-state index < -0.39 is 0 Å². The van der Waals surface area contributed by atoms with Gasteiger partial charge >= 0.3 is 0 Å². The quantitative estimate of drug-likeness (QED) is 0.719. The molecule has 13 heavy (non-hydrogen) atoms. The average Bonchev–Trinajstić information content (AvgIpc) is 2.43. The third kappa shape index (κ3) is 2.36. The topological polar surface area (TPSA) is 41.6 Å². The normalized spacial score (nSPS) is 22.6. The molecule has 1 aliphatic rings. The fraction of sp³-hybridized carbons (Fsp3) is 0.900. The summed E-state index contributed by atoms with van der Waals surface area (Å²) in [6.45, 7) is 7.46. The minimum atomic E-state index is 0.480. The summed E-state index contributed by atoms with van der Waals surface area (Å²) < 4.78 is 0. The number of guanidine groups is 1. The van der Waals surface area contributed by atoms with Crippen molar-refractivity contribution in [3.05, 3.63) is 0 Å². The molecule has 0 spiro atoms. The number of nitrogens with two attached hydrogens (primary N) is 1. The number of hydrogen-bond donors (Lipinski definition) is 1. The molecule has 0 bridgehead atoms. The number of hydrogen-bond acceptors (Lipinski definition) is 3. The number of aliphatic imine (C=N–C) groups is 1. The van der Waals surface area contributed by atoms with E-state index in [1.165, 1.54) is 19.3 Å². The lowest BCUT2D eigenvalue weighted by molar-refractivity contribution is 0.269. The van der Waals surface area contributed by atoms with Gasteiger partial charge in [-0.1, -0.05) is 19.8 Å². The molecule has 0 saturated heterocycles. The van der Waals surface area contributed by atoms with Gasteiger partial charge in [-0.2, -0.15) is 0 Å². The molecule has 76 valence electrons. The molecule has 1 unspecified atom stereocenters. The molecule has 0 saturated carbocycles. The van der Waals surface area contributed by atoms with Crippen molar-refractivity contribution in [2.45, 2.75) is 52.1 Å². The van der Waals surface area contributed by atoms with Gasteiger partial charge in [0.05, 0.1) is 12.6 Å². The number of unbranched alkanes of at least 4 members (excludes halogenated alkanes) is 1. The van der Waals surface area contributed by atoms with Crippen molar-refractivity contribution in [3.63, 3.8) is 0 Å². The minimum Gasteiger partial charge on any atom is -0.370 e. The van der Waals surface area contributed by atoms with E-state index in [9.17, 15) is 0 Å². The predicted octanol–water partition coefficient (Wildman–Crippen LogP) is 1.58. The van der Waals surface area contributed by atoms with Gasteiger partial charge < -0.3 is 10.6 Å². The summed E-state index contributed by atoms with van der Waals surface area (Å²) in [5, 5.41) is 0. The molecular formula is C10H21N3. The highest BCUT2D eigenvalue weighted by Gasteiger charge is 2.26. The van der Waals surface area contributed by atoms with Gasteiger partial charge in [0.25, 0.3) is 0 Å². The smallest absolute Gasteiger partial charge is 0.191 e. The molecule has 1 aliphatic heterocycles. The Morgan fingerprint density at radius 2 is 2.31 bits per heavy atom. The molecule has 0 radical (unpaired) electrons. The third-order valence-corrected chi connectivity index (χ3v) is 2.57. The Balaban J connectivity index is 2.48. The second kappa shape index (κ2) is 4.49. The van der Waals surface area contributed by atoms with Crippen LogP contribution in [0.1, 0.15) is 40.0 Å². The summed E-state index contributed by atoms with van der Waals surface area (Å²) in [6, 6.07) is 1.04. The highest BCUT2D eigenvalue weighted by Crippen LogP contribution is 2.17. The lowest BCUT2D eigenvalue weighted by Crippen LogP contribution is -2.45. The molecule has 3 nitrogen and oxygen atoms in total. The van der Waals surface area contributed by atoms with Crippen LogP contribution in [0.25, 0.3) is 0 Å². The SMILES string of the molecule is CCCCC1CN=C(N)N1C(C)C. The number of nitrogens with zero attached hydrogens (tertiary/aromatic N) is 2. The minimum absolute atomic E-state index is 0.480. The molecular weight excluding hydrogens is 162 g/mol. The Hall–Kier alpha value is -0.730. The van der Waals surface area contributed by atoms with Crippen LogP contribution in [-0.2, 0) is 0 Å². The number of rotatable bonds is 4. The fourth-order valence-corrected chi connectivity index (χ4v) is 1.91. The highest BCUT2D eigenvalue weighted by atomic mass is 15.3. The van der Waals surface area contributed by atoms with Crippen molar-refractivity contribution >= 4 is 5.96 Å². The van der Waals surface area contributed by atoms with E-state index in [1.54, 1.807) is 0 Å². The van der Waals surface area contributed by atoms with Gasteiger partial charge in [-0.25, -0.2) is 0 Å². The van der Waals surface area contributed by atoms with Crippen molar-refractivity contribution in [3.8, 4) is 0 Å². The Morgan fingerprint density at radius 1 is 1.62 bits per heavy atom. The van der Waals surface area contributed by atoms with Crippen molar-refractivity contribution in [2.24, 2.45) is 10.7 Å². The Kier molecular flexibility index (Phi) is 3.58. The van der Waals surface area contributed by atoms with E-state index in [0.717, 1.165) is 12.5 Å². The van der Waals surface area contributed by atoms with Gasteiger partial charge in [0, 0.05) is 6.04 Å². The zero-order valence-corrected chi connectivity index (χ0v) is 8.95. The molecule has 3 heteroatoms. The van der Waals surface area contributed by atoms with Gasteiger partial charge in [-0.3, -0.25) is 4.99 Å². The summed E-state index contributed by atoms with van der Waals surface area (Å²) in [4.78, 5) is 6.54. The maximum absolute atomic E-state index is 5.82. The predicted molar refractivity (Wildman–Crippen MR) is 56.8 cm³/mol. The van der Waals surface area contributed by atoms with Gasteiger partial charge in [0.2, 0.25) is 0 Å². The highest BCUT2D eigenvalue weighted by molar-refractivity contribution is 5.80. The molecule has 1 atom stereocenters. The fourth-order valence-electron chi connectivity index (χ4n) is 1.91. The summed E-state index contributed by atoms with van der Waals surface area (Å²) in [6.07, 6.45) is 3.75. The second-order valence-corrected chi connectivity index (χ2v) is 4.00. The first kappa shape index (κ1) is 10.4. The van der Waals surface area contributed by atoms with Gasteiger partial charge in [0.1, 0.15) is 0 Å². The van der Waals surface area contributed by atoms with Crippen LogP contribution in [0.5, 0.6) is 0 Å². The summed E-state index contributed by atoms with van der Waals surface area (Å²) >= 11 is 0. The van der Waals surface area contributed by atoms with Crippen molar-refractivity contribution in [1.29, 1.82) is 0 Å². The molecule has 2 N–H and O–H groups in total. The standard InChI is InChI=1S/C10H21N3/c1-4-5-6-9-7-12-10(11)13(9)8(2)3/h8-9H,4-7H2,1-3H3,(H2,11,12). The maximum atomic E-state index is 5.82. The van der Waals surface area contributed by atoms with Crippen molar-refractivity contribution in [1.82, 2.24) is 4.90 Å². The van der Waals surface area contributed by atoms with Crippen LogP contribution in [0.15, 0.2) is 4.99 Å². The molecule has 0 fully saturated rings. The maximum Gasteiger partial charge on any atom is 0.191 e. The lowest BCUT2D eigenvalue weighted by atomic mass is 10.1. The molecule has 0 amide bonds. The lowest BCUT2D eigenvalue weighted by Gasteiger charge is -2.29. The Labute approximate surface area is 81.0 Å². The van der Waals surface area contributed by atoms with E-state index in [0.29, 0.717) is 12.1 Å². The van der Waals surface area contributed by atoms with Crippen LogP contribution >= 0.6 is 0 Å². The van der Waals surface area contributed by atoms with E-state index in [4.69, 9.17) is 5.73 Å². The van der Waals surface area contributed by atoms with Crippen LogP contribution in [0.4, 0.5) is 0 Å². The first-order chi connectivity index (χ1) is 6.16. The van der Waals surface area contributed by atoms with Crippen LogP contribution in [-0.4, -0.2) is 29.5 Å². The zero-order valence-electron chi connectivity index (χ0n) is 8.95. The Morgan fingerprint density at radius 3 is 2.85 bits per heavy atom. The Bertz CT molecular complexity index is 187. The largest absolute Gasteiger partial charge is 0.370 e. The molecule has 1 rings (SSSR count). The van der Waals surface area contributed by atoms with E-state index in [2.05, 4.69) is 30.7 Å². The van der Waals surface area contributed by atoms with E-state index in [-0.39, 0.29) is 0 Å². The second-order valence-electron chi connectivity index (χ2n) is 4.00. The molecule has 0 aromatic rings. The summed E-state index contributed by atoms with van der Waals surface area (Å²) in [5.41, 5.74) is 5.82. The van der Waals surface area contributed by atoms with E-state index in [1.807, 2.05) is 0 Å². The molecule has 0 aromatic heterocycles. The van der Waals surface area contributed by atoms with Crippen LogP contribution in [0.2, 0.25) is 0 Å². The molecule has 0 aromatic carbocycles. The van der Waals surface area contributed by atoms with Gasteiger partial charge in [-0.15, -0.1) is 0 Å². The third-order valence-electron chi connectivity index (χ3n) is 2.57. The first-order valence-corrected chi connectivity index (χ1v) is 5.25. The van der Waals surface area contributed by atoms with Crippen molar-refractivity contribution in [2.75, 3.05) is 6.54 Å². The van der Waals surface area contributed by atoms with Crippen LogP contribution in [0.3, 0.4) is 0 Å². The molecule has 1 heterocycles. The molecule has 0 aliphatic carbocycles. The van der Waals surface area contributed by atoms with Gasteiger partial charge in [-0.05, 0) is 20.3 Å². The summed E-state index contributed by atoms with van der Waals surface area (Å²) in [5.74, 6) is 0.733. The van der Waals surface area contributed by atoms with Gasteiger partial charge in [0.15, 0.2) is 5.96 Å². The van der Waals surface area contributed by atoms with E-state index >= 15 is 0 Å². The monoisotopic (exact) mass is 183 g/mol. The first-order valence-electron chi connectivity index (χ1n) is 5.25. The summed E-state index contributed by atoms with van der Waals surface area (Å²) in [7, 11) is 0. The zero-order chi connectivity index (χ0) is 9.84. The van der Waals surface area contributed by atoms with Crippen LogP contribution < -0.4 is 5.73 Å². The average molecular weight is 183 g/mol. The van der Waals surface area contributed by atoms with Crippen LogP contribution in [0, 0.1) is 0 Å². The van der Waals surface area contributed by atoms with Crippen molar-refractivity contribution < 1.29 is 0 Å².